The lowest BCUT2D eigenvalue weighted by Gasteiger charge is -2.18. The van der Waals surface area contributed by atoms with Gasteiger partial charge in [0.2, 0.25) is 0 Å². The summed E-state index contributed by atoms with van der Waals surface area (Å²) < 4.78 is 0. The van der Waals surface area contributed by atoms with E-state index in [1.807, 2.05) is 12.1 Å². The van der Waals surface area contributed by atoms with E-state index < -0.39 is 5.91 Å². The number of thiocarbonyl (C=S) groups is 1. The van der Waals surface area contributed by atoms with Crippen molar-refractivity contribution in [2.24, 2.45) is 11.7 Å². The molecule has 0 spiro atoms. The summed E-state index contributed by atoms with van der Waals surface area (Å²) in [6.45, 7) is 6.41. The predicted octanol–water partition coefficient (Wildman–Crippen LogP) is 4.22. The van der Waals surface area contributed by atoms with Crippen molar-refractivity contribution in [2.45, 2.75) is 46.0 Å². The molecule has 28 heavy (non-hydrogen) atoms. The molecule has 1 heterocycles. The number of thiophene rings is 1. The summed E-state index contributed by atoms with van der Waals surface area (Å²) in [5.74, 6) is 0.233. The molecule has 1 aliphatic rings. The third-order valence-corrected chi connectivity index (χ3v) is 6.43. The Bertz CT molecular complexity index is 916. The fraction of sp³-hybridized carbons (Fsp3) is 0.381. The van der Waals surface area contributed by atoms with E-state index in [0.29, 0.717) is 28.0 Å². The maximum absolute atomic E-state index is 12.5. The van der Waals surface area contributed by atoms with E-state index in [1.54, 1.807) is 12.1 Å². The highest BCUT2D eigenvalue weighted by molar-refractivity contribution is 7.80. The summed E-state index contributed by atoms with van der Waals surface area (Å²) >= 11 is 6.80. The van der Waals surface area contributed by atoms with Crippen LogP contribution in [0.4, 0.5) is 5.00 Å². The Morgan fingerprint density at radius 1 is 1.25 bits per heavy atom. The number of anilines is 1. The van der Waals surface area contributed by atoms with Gasteiger partial charge in [-0.1, -0.05) is 32.9 Å². The highest BCUT2D eigenvalue weighted by Gasteiger charge is 2.27. The Labute approximate surface area is 174 Å². The standard InChI is InChI=1S/C21H25N3O2S2/c1-11(2)13-5-7-14(8-6-13)19(26)23-21(27)24-20-17(18(22)25)15-9-4-12(3)10-16(15)28-20/h5-8,11-12H,4,9-10H2,1-3H3,(H2,22,25)(H2,23,24,26,27)/t12-/m0/s1. The minimum Gasteiger partial charge on any atom is -0.365 e. The first-order chi connectivity index (χ1) is 13.3. The molecule has 3 rings (SSSR count). The highest BCUT2D eigenvalue weighted by Crippen LogP contribution is 2.39. The monoisotopic (exact) mass is 415 g/mol. The average molecular weight is 416 g/mol. The van der Waals surface area contributed by atoms with Crippen molar-refractivity contribution < 1.29 is 9.59 Å². The zero-order chi connectivity index (χ0) is 20.4. The van der Waals surface area contributed by atoms with Crippen molar-refractivity contribution in [3.05, 3.63) is 51.4 Å². The highest BCUT2D eigenvalue weighted by atomic mass is 32.1. The Morgan fingerprint density at radius 3 is 2.54 bits per heavy atom. The van der Waals surface area contributed by atoms with Crippen molar-refractivity contribution in [2.75, 3.05) is 5.32 Å². The van der Waals surface area contributed by atoms with Crippen LogP contribution in [0.5, 0.6) is 0 Å². The van der Waals surface area contributed by atoms with Gasteiger partial charge in [-0.15, -0.1) is 11.3 Å². The van der Waals surface area contributed by atoms with Gasteiger partial charge in [-0.05, 0) is 66.6 Å². The molecular formula is C21H25N3O2S2. The molecule has 0 saturated carbocycles. The number of benzene rings is 1. The van der Waals surface area contributed by atoms with Gasteiger partial charge in [0.05, 0.1) is 5.56 Å². The Balaban J connectivity index is 1.72. The molecule has 148 valence electrons. The van der Waals surface area contributed by atoms with Gasteiger partial charge >= 0.3 is 0 Å². The van der Waals surface area contributed by atoms with Crippen LogP contribution in [0.1, 0.15) is 69.8 Å². The molecule has 5 nitrogen and oxygen atoms in total. The molecule has 0 aliphatic heterocycles. The first-order valence-corrected chi connectivity index (χ1v) is 10.6. The number of carbonyl (C=O) groups excluding carboxylic acids is 2. The van der Waals surface area contributed by atoms with Gasteiger partial charge in [0.15, 0.2) is 5.11 Å². The number of amides is 2. The Kier molecular flexibility index (Phi) is 6.15. The Morgan fingerprint density at radius 2 is 1.93 bits per heavy atom. The van der Waals surface area contributed by atoms with Crippen molar-refractivity contribution >= 4 is 45.5 Å². The summed E-state index contributed by atoms with van der Waals surface area (Å²) in [6.07, 6.45) is 2.81. The zero-order valence-electron chi connectivity index (χ0n) is 16.3. The van der Waals surface area contributed by atoms with Crippen LogP contribution in [0, 0.1) is 5.92 Å². The number of fused-ring (bicyclic) bond motifs is 1. The second-order valence-corrected chi connectivity index (χ2v) is 9.12. The quantitative estimate of drug-likeness (QED) is 0.653. The molecule has 2 aromatic rings. The van der Waals surface area contributed by atoms with Crippen LogP contribution in [0.15, 0.2) is 24.3 Å². The van der Waals surface area contributed by atoms with Crippen LogP contribution >= 0.6 is 23.6 Å². The number of nitrogens with two attached hydrogens (primary N) is 1. The average Bonchev–Trinajstić information content (AvgIpc) is 2.98. The molecular weight excluding hydrogens is 390 g/mol. The van der Waals surface area contributed by atoms with E-state index in [2.05, 4.69) is 31.4 Å². The third-order valence-electron chi connectivity index (χ3n) is 5.05. The normalized spacial score (nSPS) is 15.8. The fourth-order valence-electron chi connectivity index (χ4n) is 3.43. The number of rotatable bonds is 4. The summed E-state index contributed by atoms with van der Waals surface area (Å²) in [6, 6.07) is 7.45. The maximum atomic E-state index is 12.5. The number of carbonyl (C=O) groups is 2. The van der Waals surface area contributed by atoms with Crippen LogP contribution in [0.3, 0.4) is 0 Å². The van der Waals surface area contributed by atoms with Crippen LogP contribution in [-0.2, 0) is 12.8 Å². The van der Waals surface area contributed by atoms with Crippen LogP contribution < -0.4 is 16.4 Å². The minimum absolute atomic E-state index is 0.159. The topological polar surface area (TPSA) is 84.2 Å². The number of primary amides is 1. The maximum Gasteiger partial charge on any atom is 0.257 e. The number of hydrogen-bond donors (Lipinski definition) is 3. The molecule has 2 amide bonds. The van der Waals surface area contributed by atoms with Gasteiger partial charge in [-0.3, -0.25) is 14.9 Å². The molecule has 7 heteroatoms. The minimum atomic E-state index is -0.465. The lowest BCUT2D eigenvalue weighted by Crippen LogP contribution is -2.34. The van der Waals surface area contributed by atoms with Gasteiger partial charge in [-0.2, -0.15) is 0 Å². The summed E-state index contributed by atoms with van der Waals surface area (Å²) in [7, 11) is 0. The van der Waals surface area contributed by atoms with Gasteiger partial charge in [0.25, 0.3) is 11.8 Å². The summed E-state index contributed by atoms with van der Waals surface area (Å²) in [5, 5.41) is 6.47. The first kappa shape index (κ1) is 20.5. The van der Waals surface area contributed by atoms with E-state index >= 15 is 0 Å². The lowest BCUT2D eigenvalue weighted by molar-refractivity contribution is 0.0975. The van der Waals surface area contributed by atoms with E-state index in [1.165, 1.54) is 21.8 Å². The van der Waals surface area contributed by atoms with E-state index in [0.717, 1.165) is 24.8 Å². The van der Waals surface area contributed by atoms with Crippen molar-refractivity contribution in [1.82, 2.24) is 5.32 Å². The summed E-state index contributed by atoms with van der Waals surface area (Å²) in [4.78, 5) is 25.6. The molecule has 0 radical (unpaired) electrons. The van der Waals surface area contributed by atoms with Crippen molar-refractivity contribution in [3.63, 3.8) is 0 Å². The van der Waals surface area contributed by atoms with Crippen LogP contribution in [0.2, 0.25) is 0 Å². The van der Waals surface area contributed by atoms with Gasteiger partial charge in [0, 0.05) is 10.4 Å². The molecule has 0 bridgehead atoms. The second kappa shape index (κ2) is 8.41. The van der Waals surface area contributed by atoms with Gasteiger partial charge in [0.1, 0.15) is 5.00 Å². The molecule has 0 unspecified atom stereocenters. The van der Waals surface area contributed by atoms with E-state index in [4.69, 9.17) is 18.0 Å². The molecule has 0 fully saturated rings. The number of nitrogens with one attached hydrogen (secondary N) is 2. The second-order valence-electron chi connectivity index (χ2n) is 7.61. The first-order valence-electron chi connectivity index (χ1n) is 9.42. The van der Waals surface area contributed by atoms with Crippen LogP contribution in [0.25, 0.3) is 0 Å². The molecule has 4 N–H and O–H groups in total. The number of hydrogen-bond acceptors (Lipinski definition) is 4. The Hall–Kier alpha value is -2.25. The zero-order valence-corrected chi connectivity index (χ0v) is 17.9. The van der Waals surface area contributed by atoms with E-state index in [-0.39, 0.29) is 11.0 Å². The molecule has 0 saturated heterocycles. The van der Waals surface area contributed by atoms with Crippen molar-refractivity contribution in [3.8, 4) is 0 Å². The van der Waals surface area contributed by atoms with Crippen molar-refractivity contribution in [1.29, 1.82) is 0 Å². The lowest BCUT2D eigenvalue weighted by atomic mass is 9.88. The SMILES string of the molecule is CC(C)c1ccc(C(=O)NC(=S)Nc2sc3c(c2C(N)=O)CC[C@H](C)C3)cc1. The smallest absolute Gasteiger partial charge is 0.257 e. The molecule has 1 aliphatic carbocycles. The van der Waals surface area contributed by atoms with E-state index in [9.17, 15) is 9.59 Å². The largest absolute Gasteiger partial charge is 0.365 e. The van der Waals surface area contributed by atoms with Gasteiger partial charge in [-0.25, -0.2) is 0 Å². The molecule has 1 aromatic carbocycles. The van der Waals surface area contributed by atoms with Crippen LogP contribution in [-0.4, -0.2) is 16.9 Å². The predicted molar refractivity (Wildman–Crippen MR) is 118 cm³/mol. The summed E-state index contributed by atoms with van der Waals surface area (Å²) in [5.41, 5.74) is 8.85. The third kappa shape index (κ3) is 4.42. The van der Waals surface area contributed by atoms with Gasteiger partial charge < -0.3 is 11.1 Å². The molecule has 1 aromatic heterocycles. The fourth-order valence-corrected chi connectivity index (χ4v) is 5.11. The molecule has 1 atom stereocenters.